The molecule has 0 radical (unpaired) electrons. The van der Waals surface area contributed by atoms with Crippen LogP contribution in [0, 0.1) is 41.5 Å². The Morgan fingerprint density at radius 2 is 0.757 bits per heavy atom. The van der Waals surface area contributed by atoms with Gasteiger partial charge in [-0.05, 0) is 217 Å². The normalized spacial score (nSPS) is 16.2. The largest absolute Gasteiger partial charge is 0.490 e. The quantitative estimate of drug-likeness (QED) is 0.0503. The molecule has 3 saturated heterocycles. The van der Waals surface area contributed by atoms with Crippen LogP contribution in [0.4, 0.5) is 0 Å². The smallest absolute Gasteiger partial charge is 0.283 e. The monoisotopic (exact) mass is 1430 g/mol. The third-order valence-corrected chi connectivity index (χ3v) is 21.0. The van der Waals surface area contributed by atoms with Crippen LogP contribution < -0.4 is 14.2 Å². The number of nitrogens with zero attached hydrogens (tertiary/aromatic N) is 9. The standard InChI is InChI=1S/C28H33N3O4.2C26H29N3O4S/c1-17-12-18(2)27(19(3)13-17)21-8-10-31(11-9-21)15-22(32)16-33-24-6-5-7-25-23(24)14-26(35-25)28-30-29-20(4)34-28;1-17-27-28-26(32-17)25-14-22-23(7-4-8-24(22)33-25)31-16-20(30)15-29-11-9-18(10-12-29)19-5-3-6-21(13-19)34-2;1-17-27-28-26(32-17)25-14-22-23(4-3-5-24(22)33-25)31-16-20(30)15-29-12-10-19(11-13-29)18-6-8-21(34-2)9-7-18/h5-7,12-14,21-22,32H,8-11,15-16H2,1-4H3;3-8,13-14,18,20,30H,9-12,15-16H2,1-2H3;3-9,14,19-20,30H,10-13,15-16H2,1-2H3. The van der Waals surface area contributed by atoms with Crippen molar-refractivity contribution in [2.45, 2.75) is 126 Å². The maximum Gasteiger partial charge on any atom is 0.283 e. The number of piperidine rings is 3. The fourth-order valence-corrected chi connectivity index (χ4v) is 15.4. The zero-order chi connectivity index (χ0) is 71.5. The lowest BCUT2D eigenvalue weighted by Gasteiger charge is -2.34. The van der Waals surface area contributed by atoms with Crippen molar-refractivity contribution in [1.82, 2.24) is 45.3 Å². The number of aliphatic hydroxyl groups is 3. The van der Waals surface area contributed by atoms with Crippen LogP contribution in [-0.2, 0) is 0 Å². The van der Waals surface area contributed by atoms with Crippen LogP contribution in [-0.4, -0.2) is 170 Å². The van der Waals surface area contributed by atoms with Gasteiger partial charge < -0.3 is 70.7 Å². The Bertz CT molecular complexity index is 4710. The zero-order valence-corrected chi connectivity index (χ0v) is 61.4. The van der Waals surface area contributed by atoms with E-state index in [0.29, 0.717) is 124 Å². The number of aliphatic hydroxyl groups excluding tert-OH is 3. The number of rotatable bonds is 23. The molecule has 0 bridgehead atoms. The number of aromatic nitrogens is 6. The van der Waals surface area contributed by atoms with Gasteiger partial charge in [0.25, 0.3) is 17.7 Å². The highest BCUT2D eigenvalue weighted by Crippen LogP contribution is 2.39. The van der Waals surface area contributed by atoms with E-state index < -0.39 is 18.3 Å². The van der Waals surface area contributed by atoms with Crippen molar-refractivity contribution in [2.24, 2.45) is 0 Å². The summed E-state index contributed by atoms with van der Waals surface area (Å²) in [7, 11) is 0. The Kier molecular flexibility index (Phi) is 23.8. The molecule has 0 amide bonds. The van der Waals surface area contributed by atoms with Crippen LogP contribution in [0.25, 0.3) is 67.9 Å². The van der Waals surface area contributed by atoms with Crippen molar-refractivity contribution in [1.29, 1.82) is 0 Å². The molecule has 6 aromatic heterocycles. The van der Waals surface area contributed by atoms with Gasteiger partial charge >= 0.3 is 0 Å². The van der Waals surface area contributed by atoms with Gasteiger partial charge in [0.2, 0.25) is 17.7 Å². The van der Waals surface area contributed by atoms with Gasteiger partial charge in [0.15, 0.2) is 17.3 Å². The number of hydrogen-bond acceptors (Lipinski definition) is 23. The second-order valence-electron chi connectivity index (χ2n) is 27.2. The SMILES string of the molecule is CSc1ccc(C2CCN(CC(O)COc3cccc4oc(-c5nnc(C)o5)cc34)CC2)cc1.CSc1cccc(C2CCN(CC(O)COc3cccc4oc(-c5nnc(C)o5)cc34)CC2)c1.Cc1cc(C)c(C2CCN(CC(O)COc3cccc4oc(-c5nnc(C)o5)cc34)CC2)c(C)c1. The van der Waals surface area contributed by atoms with Gasteiger partial charge in [-0.15, -0.1) is 54.1 Å². The topological polar surface area (TPSA) is 254 Å². The molecule has 540 valence electrons. The van der Waals surface area contributed by atoms with Crippen LogP contribution in [0.5, 0.6) is 17.2 Å². The molecule has 103 heavy (non-hydrogen) atoms. The molecule has 23 heteroatoms. The van der Waals surface area contributed by atoms with E-state index in [1.165, 1.54) is 43.2 Å². The van der Waals surface area contributed by atoms with Gasteiger partial charge in [-0.3, -0.25) is 0 Å². The van der Waals surface area contributed by atoms with E-state index in [2.05, 4.69) is 139 Å². The van der Waals surface area contributed by atoms with Crippen molar-refractivity contribution in [3.63, 3.8) is 0 Å². The molecule has 3 N–H and O–H groups in total. The predicted octanol–water partition coefficient (Wildman–Crippen LogP) is 15.6. The van der Waals surface area contributed by atoms with Crippen LogP contribution in [0.2, 0.25) is 0 Å². The van der Waals surface area contributed by atoms with E-state index in [1.54, 1.807) is 44.3 Å². The highest BCUT2D eigenvalue weighted by atomic mass is 32.2. The first kappa shape index (κ1) is 72.6. The molecule has 3 aliphatic heterocycles. The molecule has 3 fully saturated rings. The fourth-order valence-electron chi connectivity index (χ4n) is 14.5. The molecule has 9 heterocycles. The van der Waals surface area contributed by atoms with Crippen LogP contribution in [0.3, 0.4) is 0 Å². The van der Waals surface area contributed by atoms with Gasteiger partial charge in [0.05, 0.1) is 16.2 Å². The number of ether oxygens (including phenoxy) is 3. The van der Waals surface area contributed by atoms with Gasteiger partial charge in [-0.25, -0.2) is 0 Å². The summed E-state index contributed by atoms with van der Waals surface area (Å²) >= 11 is 3.56. The van der Waals surface area contributed by atoms with E-state index in [-0.39, 0.29) is 19.8 Å². The summed E-state index contributed by atoms with van der Waals surface area (Å²) < 4.78 is 51.9. The third kappa shape index (κ3) is 18.4. The van der Waals surface area contributed by atoms with Crippen LogP contribution >= 0.6 is 23.5 Å². The highest BCUT2D eigenvalue weighted by Gasteiger charge is 2.28. The summed E-state index contributed by atoms with van der Waals surface area (Å²) in [5.74, 6) is 7.71. The molecule has 21 nitrogen and oxygen atoms in total. The molecule has 3 unspecified atom stereocenters. The zero-order valence-electron chi connectivity index (χ0n) is 59.8. The first-order valence-corrected chi connectivity index (χ1v) is 37.9. The van der Waals surface area contributed by atoms with Crippen molar-refractivity contribution < 1.29 is 56.0 Å². The summed E-state index contributed by atoms with van der Waals surface area (Å²) in [6, 6.07) is 44.7. The number of likely N-dealkylation sites (tertiary alicyclic amines) is 3. The number of fused-ring (bicyclic) bond motifs is 3. The summed E-state index contributed by atoms with van der Waals surface area (Å²) in [5, 5.41) is 58.0. The Morgan fingerprint density at radius 1 is 0.398 bits per heavy atom. The molecule has 3 aliphatic rings. The van der Waals surface area contributed by atoms with Gasteiger partial charge in [0.1, 0.15) is 72.1 Å². The van der Waals surface area contributed by atoms with E-state index >= 15 is 0 Å². The number of furan rings is 3. The second kappa shape index (κ2) is 33.8. The number of hydrogen-bond donors (Lipinski definition) is 3. The Balaban J connectivity index is 0.000000138. The molecule has 0 aliphatic carbocycles. The maximum absolute atomic E-state index is 10.7. The summed E-state index contributed by atoms with van der Waals surface area (Å²) in [5.41, 5.74) is 10.5. The van der Waals surface area contributed by atoms with Gasteiger partial charge in [-0.2, -0.15) is 0 Å². The first-order valence-electron chi connectivity index (χ1n) is 35.5. The predicted molar refractivity (Wildman–Crippen MR) is 400 cm³/mol. The molecule has 0 spiro atoms. The Labute approximate surface area is 608 Å². The average molecular weight is 1430 g/mol. The van der Waals surface area contributed by atoms with E-state index in [1.807, 2.05) is 72.8 Å². The maximum atomic E-state index is 10.7. The number of aryl methyl sites for hydroxylation is 6. The average Bonchev–Trinajstić information content (AvgIpc) is 1.67. The lowest BCUT2D eigenvalue weighted by Crippen LogP contribution is -2.40. The number of benzene rings is 6. The number of thioether (sulfide) groups is 2. The van der Waals surface area contributed by atoms with Crippen molar-refractivity contribution in [3.8, 4) is 52.2 Å². The minimum absolute atomic E-state index is 0.217. The minimum Gasteiger partial charge on any atom is -0.490 e. The van der Waals surface area contributed by atoms with Crippen molar-refractivity contribution in [2.75, 3.05) is 91.2 Å². The van der Waals surface area contributed by atoms with Gasteiger partial charge in [-0.1, -0.05) is 60.2 Å². The second-order valence-corrected chi connectivity index (χ2v) is 29.0. The molecular weight excluding hydrogens is 1340 g/mol. The molecule has 6 aromatic carbocycles. The lowest BCUT2D eigenvalue weighted by molar-refractivity contribution is 0.0598. The Hall–Kier alpha value is -8.78. The van der Waals surface area contributed by atoms with E-state index in [0.717, 1.165) is 94.0 Å². The summed E-state index contributed by atoms with van der Waals surface area (Å²) in [4.78, 5) is 9.63. The summed E-state index contributed by atoms with van der Waals surface area (Å²) in [6.07, 6.45) is 9.17. The molecule has 3 atom stereocenters. The van der Waals surface area contributed by atoms with Gasteiger partial charge in [0, 0.05) is 68.4 Å². The first-order chi connectivity index (χ1) is 50.0. The highest BCUT2D eigenvalue weighted by molar-refractivity contribution is 7.98. The van der Waals surface area contributed by atoms with Crippen molar-refractivity contribution in [3.05, 3.63) is 185 Å². The number of β-amino-alcohol motifs (C(OH)–C–C–N with tert-alkyl or cyclic N) is 3. The van der Waals surface area contributed by atoms with Crippen molar-refractivity contribution >= 4 is 56.4 Å². The Morgan fingerprint density at radius 3 is 1.12 bits per heavy atom. The van der Waals surface area contributed by atoms with E-state index in [9.17, 15) is 15.3 Å². The van der Waals surface area contributed by atoms with Crippen LogP contribution in [0.15, 0.2) is 170 Å². The molecule has 15 rings (SSSR count). The lowest BCUT2D eigenvalue weighted by atomic mass is 9.83. The fraction of sp³-hybridized carbons (Fsp3) is 0.400. The molecular formula is C80H91N9O12S2. The minimum atomic E-state index is -0.574. The third-order valence-electron chi connectivity index (χ3n) is 19.5. The molecule has 12 aromatic rings. The van der Waals surface area contributed by atoms with Crippen LogP contribution in [0.1, 0.15) is 107 Å². The molecule has 0 saturated carbocycles. The summed E-state index contributed by atoms with van der Waals surface area (Å²) in [6.45, 7) is 20.2. The van der Waals surface area contributed by atoms with E-state index in [4.69, 9.17) is 40.7 Å².